The van der Waals surface area contributed by atoms with Crippen molar-refractivity contribution in [3.63, 3.8) is 0 Å². The smallest absolute Gasteiger partial charge is 0.173 e. The average Bonchev–Trinajstić information content (AvgIpc) is 2.65. The molecular formula is C19H21Cl2N3OS. The van der Waals surface area contributed by atoms with Crippen LogP contribution in [0.15, 0.2) is 42.5 Å². The molecule has 0 saturated carbocycles. The van der Waals surface area contributed by atoms with Crippen LogP contribution >= 0.6 is 35.4 Å². The minimum absolute atomic E-state index is 0.605. The van der Waals surface area contributed by atoms with Gasteiger partial charge in [0.15, 0.2) is 5.11 Å². The van der Waals surface area contributed by atoms with Crippen molar-refractivity contribution < 1.29 is 4.74 Å². The van der Waals surface area contributed by atoms with Gasteiger partial charge in [-0.2, -0.15) is 0 Å². The zero-order valence-corrected chi connectivity index (χ0v) is 16.9. The number of rotatable bonds is 4. The summed E-state index contributed by atoms with van der Waals surface area (Å²) < 4.78 is 5.29. The lowest BCUT2D eigenvalue weighted by molar-refractivity contribution is 0.177. The first-order valence-electron chi connectivity index (χ1n) is 8.41. The zero-order chi connectivity index (χ0) is 18.5. The summed E-state index contributed by atoms with van der Waals surface area (Å²) in [5.74, 6) is 0.893. The molecule has 2 aromatic carbocycles. The quantitative estimate of drug-likeness (QED) is 0.749. The number of nitrogens with one attached hydrogen (secondary N) is 1. The molecule has 1 N–H and O–H groups in total. The first-order chi connectivity index (χ1) is 12.5. The summed E-state index contributed by atoms with van der Waals surface area (Å²) in [6, 6.07) is 13.5. The van der Waals surface area contributed by atoms with Crippen molar-refractivity contribution in [3.8, 4) is 5.75 Å². The van der Waals surface area contributed by atoms with Crippen LogP contribution in [0.4, 0.5) is 5.69 Å². The van der Waals surface area contributed by atoms with E-state index in [4.69, 9.17) is 40.2 Å². The molecule has 7 heteroatoms. The number of thiocarbonyl (C=S) groups is 1. The molecule has 0 bridgehead atoms. The van der Waals surface area contributed by atoms with E-state index in [1.165, 1.54) is 5.56 Å². The molecule has 26 heavy (non-hydrogen) atoms. The van der Waals surface area contributed by atoms with Gasteiger partial charge in [-0.3, -0.25) is 4.90 Å². The van der Waals surface area contributed by atoms with E-state index >= 15 is 0 Å². The lowest BCUT2D eigenvalue weighted by atomic mass is 10.2. The van der Waals surface area contributed by atoms with E-state index in [1.807, 2.05) is 12.1 Å². The molecule has 0 aliphatic carbocycles. The fourth-order valence-corrected chi connectivity index (χ4v) is 3.56. The maximum absolute atomic E-state index is 6.20. The zero-order valence-electron chi connectivity index (χ0n) is 14.5. The molecular weight excluding hydrogens is 389 g/mol. The fraction of sp³-hybridized carbons (Fsp3) is 0.316. The number of piperazine rings is 1. The summed E-state index contributed by atoms with van der Waals surface area (Å²) in [7, 11) is 1.69. The third-order valence-electron chi connectivity index (χ3n) is 4.37. The van der Waals surface area contributed by atoms with Gasteiger partial charge in [0.05, 0.1) is 17.8 Å². The molecule has 0 unspecified atom stereocenters. The van der Waals surface area contributed by atoms with E-state index in [0.29, 0.717) is 15.2 Å². The van der Waals surface area contributed by atoms with Crippen molar-refractivity contribution in [3.05, 3.63) is 58.1 Å². The molecule has 1 heterocycles. The highest BCUT2D eigenvalue weighted by molar-refractivity contribution is 7.80. The van der Waals surface area contributed by atoms with Gasteiger partial charge in [0, 0.05) is 37.7 Å². The topological polar surface area (TPSA) is 27.7 Å². The number of nitrogens with zero attached hydrogens (tertiary/aromatic N) is 2. The third kappa shape index (κ3) is 5.01. The molecule has 1 aliphatic heterocycles. The molecule has 1 fully saturated rings. The maximum Gasteiger partial charge on any atom is 0.173 e. The predicted molar refractivity (Wildman–Crippen MR) is 113 cm³/mol. The van der Waals surface area contributed by atoms with Crippen molar-refractivity contribution in [1.29, 1.82) is 0 Å². The van der Waals surface area contributed by atoms with Gasteiger partial charge in [0.25, 0.3) is 0 Å². The molecule has 2 aromatic rings. The average molecular weight is 410 g/mol. The summed E-state index contributed by atoms with van der Waals surface area (Å²) >= 11 is 17.8. The molecule has 3 rings (SSSR count). The molecule has 0 spiro atoms. The van der Waals surface area contributed by atoms with Crippen molar-refractivity contribution in [1.82, 2.24) is 9.80 Å². The summed E-state index contributed by atoms with van der Waals surface area (Å²) in [6.45, 7) is 4.54. The minimum Gasteiger partial charge on any atom is -0.497 e. The van der Waals surface area contributed by atoms with Crippen LogP contribution in [-0.2, 0) is 6.54 Å². The Labute approximate surface area is 169 Å². The van der Waals surface area contributed by atoms with Crippen LogP contribution in [0.5, 0.6) is 5.75 Å². The SMILES string of the molecule is COc1cccc(CN2CCN(C(=S)Nc3cc(Cl)ccc3Cl)CC2)c1. The molecule has 1 saturated heterocycles. The van der Waals surface area contributed by atoms with Gasteiger partial charge < -0.3 is 15.0 Å². The number of halogens is 2. The molecule has 4 nitrogen and oxygen atoms in total. The standard InChI is InChI=1S/C19H21Cl2N3OS/c1-25-16-4-2-3-14(11-16)13-23-7-9-24(10-8-23)19(26)22-18-12-15(20)5-6-17(18)21/h2-6,11-12H,7-10,13H2,1H3,(H,22,26). The number of benzene rings is 2. The van der Waals surface area contributed by atoms with Gasteiger partial charge in [-0.1, -0.05) is 35.3 Å². The van der Waals surface area contributed by atoms with Crippen molar-refractivity contribution in [2.45, 2.75) is 6.54 Å². The van der Waals surface area contributed by atoms with Gasteiger partial charge in [-0.05, 0) is 48.1 Å². The van der Waals surface area contributed by atoms with Gasteiger partial charge in [-0.25, -0.2) is 0 Å². The Morgan fingerprint density at radius 2 is 1.88 bits per heavy atom. The molecule has 1 aliphatic rings. The molecule has 0 radical (unpaired) electrons. The lowest BCUT2D eigenvalue weighted by Crippen LogP contribution is -2.49. The maximum atomic E-state index is 6.20. The second-order valence-corrected chi connectivity index (χ2v) is 7.40. The minimum atomic E-state index is 0.605. The molecule has 0 aromatic heterocycles. The summed E-state index contributed by atoms with van der Waals surface area (Å²) in [4.78, 5) is 4.58. The van der Waals surface area contributed by atoms with E-state index in [1.54, 1.807) is 25.3 Å². The van der Waals surface area contributed by atoms with Gasteiger partial charge in [0.2, 0.25) is 0 Å². The van der Waals surface area contributed by atoms with Gasteiger partial charge in [0.1, 0.15) is 5.75 Å². The van der Waals surface area contributed by atoms with Gasteiger partial charge >= 0.3 is 0 Å². The monoisotopic (exact) mass is 409 g/mol. The first-order valence-corrected chi connectivity index (χ1v) is 9.58. The molecule has 0 amide bonds. The number of anilines is 1. The normalized spacial score (nSPS) is 15.0. The van der Waals surface area contributed by atoms with Crippen LogP contribution in [0.25, 0.3) is 0 Å². The first kappa shape index (κ1) is 19.2. The highest BCUT2D eigenvalue weighted by Crippen LogP contribution is 2.26. The van der Waals surface area contributed by atoms with Crippen LogP contribution in [0.1, 0.15) is 5.56 Å². The van der Waals surface area contributed by atoms with E-state index in [0.717, 1.165) is 44.2 Å². The number of hydrogen-bond donors (Lipinski definition) is 1. The number of methoxy groups -OCH3 is 1. The van der Waals surface area contributed by atoms with E-state index in [2.05, 4.69) is 27.2 Å². The second-order valence-electron chi connectivity index (χ2n) is 6.17. The van der Waals surface area contributed by atoms with Crippen LogP contribution in [0, 0.1) is 0 Å². The van der Waals surface area contributed by atoms with Crippen LogP contribution in [-0.4, -0.2) is 48.2 Å². The van der Waals surface area contributed by atoms with Crippen LogP contribution < -0.4 is 10.1 Å². The lowest BCUT2D eigenvalue weighted by Gasteiger charge is -2.36. The Morgan fingerprint density at radius 3 is 2.62 bits per heavy atom. The Morgan fingerprint density at radius 1 is 1.12 bits per heavy atom. The number of hydrogen-bond acceptors (Lipinski definition) is 3. The van der Waals surface area contributed by atoms with E-state index < -0.39 is 0 Å². The largest absolute Gasteiger partial charge is 0.497 e. The second kappa shape index (κ2) is 8.91. The fourth-order valence-electron chi connectivity index (χ4n) is 2.93. The highest BCUT2D eigenvalue weighted by atomic mass is 35.5. The molecule has 0 atom stereocenters. The Hall–Kier alpha value is -1.53. The van der Waals surface area contributed by atoms with E-state index in [-0.39, 0.29) is 0 Å². The predicted octanol–water partition coefficient (Wildman–Crippen LogP) is 4.52. The Balaban J connectivity index is 1.52. The Bertz CT molecular complexity index is 779. The van der Waals surface area contributed by atoms with Gasteiger partial charge in [-0.15, -0.1) is 0 Å². The van der Waals surface area contributed by atoms with Crippen molar-refractivity contribution in [2.24, 2.45) is 0 Å². The third-order valence-corrected chi connectivity index (χ3v) is 5.29. The summed E-state index contributed by atoms with van der Waals surface area (Å²) in [6.07, 6.45) is 0. The van der Waals surface area contributed by atoms with Crippen LogP contribution in [0.2, 0.25) is 10.0 Å². The summed E-state index contributed by atoms with van der Waals surface area (Å²) in [5, 5.41) is 5.11. The molecule has 138 valence electrons. The van der Waals surface area contributed by atoms with Crippen LogP contribution in [0.3, 0.4) is 0 Å². The summed E-state index contributed by atoms with van der Waals surface area (Å²) in [5.41, 5.74) is 1.99. The number of ether oxygens (including phenoxy) is 1. The van der Waals surface area contributed by atoms with Crippen molar-refractivity contribution >= 4 is 46.2 Å². The van der Waals surface area contributed by atoms with E-state index in [9.17, 15) is 0 Å². The Kier molecular flexibility index (Phi) is 6.59. The highest BCUT2D eigenvalue weighted by Gasteiger charge is 2.19. The van der Waals surface area contributed by atoms with Crippen molar-refractivity contribution in [2.75, 3.05) is 38.6 Å².